The van der Waals surface area contributed by atoms with Crippen LogP contribution in [0.15, 0.2) is 12.2 Å². The normalized spacial score (nSPS) is 51.8. The van der Waals surface area contributed by atoms with Gasteiger partial charge in [0.25, 0.3) is 0 Å². The second-order valence-electron chi connectivity index (χ2n) is 4.01. The first-order valence-electron chi connectivity index (χ1n) is 4.47. The van der Waals surface area contributed by atoms with Crippen LogP contribution in [0.5, 0.6) is 0 Å². The lowest BCUT2D eigenvalue weighted by atomic mass is 9.64. The fourth-order valence-corrected chi connectivity index (χ4v) is 2.52. The van der Waals surface area contributed by atoms with Crippen molar-refractivity contribution in [3.05, 3.63) is 12.2 Å². The van der Waals surface area contributed by atoms with Gasteiger partial charge in [0, 0.05) is 0 Å². The molecule has 1 saturated carbocycles. The molecule has 0 saturated heterocycles. The molecule has 1 fully saturated rings. The van der Waals surface area contributed by atoms with Crippen LogP contribution in [0.2, 0.25) is 0 Å². The zero-order chi connectivity index (χ0) is 7.14. The summed E-state index contributed by atoms with van der Waals surface area (Å²) in [4.78, 5) is 0. The maximum atomic E-state index is 2.44. The topological polar surface area (TPSA) is 0 Å². The Hall–Kier alpha value is -0.260. The summed E-state index contributed by atoms with van der Waals surface area (Å²) in [6.07, 6.45) is 7.79. The van der Waals surface area contributed by atoms with Crippen molar-refractivity contribution in [2.24, 2.45) is 23.7 Å². The highest BCUT2D eigenvalue weighted by Gasteiger charge is 2.34. The van der Waals surface area contributed by atoms with E-state index in [9.17, 15) is 0 Å². The molecule has 0 amide bonds. The van der Waals surface area contributed by atoms with Crippen molar-refractivity contribution in [1.29, 1.82) is 0 Å². The summed E-state index contributed by atoms with van der Waals surface area (Å²) in [5, 5.41) is 0. The lowest BCUT2D eigenvalue weighted by Gasteiger charge is -2.41. The molecule has 2 bridgehead atoms. The van der Waals surface area contributed by atoms with E-state index in [-0.39, 0.29) is 0 Å². The van der Waals surface area contributed by atoms with Gasteiger partial charge in [-0.3, -0.25) is 0 Å². The first-order chi connectivity index (χ1) is 4.79. The Bertz CT molecular complexity index is 139. The molecule has 0 nitrogen and oxygen atoms in total. The van der Waals surface area contributed by atoms with E-state index < -0.39 is 0 Å². The van der Waals surface area contributed by atoms with Crippen molar-refractivity contribution in [2.75, 3.05) is 0 Å². The zero-order valence-corrected chi connectivity index (χ0v) is 6.88. The zero-order valence-electron chi connectivity index (χ0n) is 6.88. The first kappa shape index (κ1) is 6.45. The van der Waals surface area contributed by atoms with Gasteiger partial charge in [-0.05, 0) is 36.5 Å². The highest BCUT2D eigenvalue weighted by molar-refractivity contribution is 5.07. The number of rotatable bonds is 0. The van der Waals surface area contributed by atoms with E-state index in [0.717, 1.165) is 23.7 Å². The predicted octanol–water partition coefficient (Wildman–Crippen LogP) is 2.85. The SMILES string of the molecule is CC1C2C=CC(CC2)C1C. The van der Waals surface area contributed by atoms with Crippen molar-refractivity contribution >= 4 is 0 Å². The van der Waals surface area contributed by atoms with Gasteiger partial charge in [-0.25, -0.2) is 0 Å². The van der Waals surface area contributed by atoms with E-state index in [0.29, 0.717) is 0 Å². The first-order valence-corrected chi connectivity index (χ1v) is 4.47. The van der Waals surface area contributed by atoms with E-state index >= 15 is 0 Å². The molecular formula is C10H16. The minimum Gasteiger partial charge on any atom is -0.0849 e. The van der Waals surface area contributed by atoms with Crippen LogP contribution >= 0.6 is 0 Å². The molecule has 0 aromatic carbocycles. The maximum absolute atomic E-state index is 2.44. The summed E-state index contributed by atoms with van der Waals surface area (Å²) >= 11 is 0. The Balaban J connectivity index is 2.25. The molecule has 10 heavy (non-hydrogen) atoms. The van der Waals surface area contributed by atoms with E-state index in [4.69, 9.17) is 0 Å². The van der Waals surface area contributed by atoms with Crippen LogP contribution in [0.25, 0.3) is 0 Å². The Kier molecular flexibility index (Phi) is 1.36. The molecule has 3 aliphatic rings. The third-order valence-electron chi connectivity index (χ3n) is 3.62. The van der Waals surface area contributed by atoms with Gasteiger partial charge >= 0.3 is 0 Å². The third kappa shape index (κ3) is 0.744. The Morgan fingerprint density at radius 1 is 0.900 bits per heavy atom. The average molecular weight is 136 g/mol. The van der Waals surface area contributed by atoms with Gasteiger partial charge in [0.05, 0.1) is 0 Å². The number of hydrogen-bond donors (Lipinski definition) is 0. The quantitative estimate of drug-likeness (QED) is 0.449. The van der Waals surface area contributed by atoms with E-state index in [2.05, 4.69) is 26.0 Å². The molecule has 4 atom stereocenters. The molecule has 0 heteroatoms. The van der Waals surface area contributed by atoms with Crippen LogP contribution in [0, 0.1) is 23.7 Å². The van der Waals surface area contributed by atoms with Crippen LogP contribution in [0.1, 0.15) is 26.7 Å². The number of hydrogen-bond acceptors (Lipinski definition) is 0. The standard InChI is InChI=1S/C10H16/c1-7-8(2)10-5-3-9(7)4-6-10/h3,5,7-10H,4,6H2,1-2H3. The molecule has 4 unspecified atom stereocenters. The van der Waals surface area contributed by atoms with E-state index in [1.165, 1.54) is 12.8 Å². The Labute approximate surface area is 63.3 Å². The van der Waals surface area contributed by atoms with Gasteiger partial charge in [0.2, 0.25) is 0 Å². The van der Waals surface area contributed by atoms with Gasteiger partial charge in [0.1, 0.15) is 0 Å². The molecule has 3 rings (SSSR count). The smallest absolute Gasteiger partial charge is 0.0205 e. The van der Waals surface area contributed by atoms with Gasteiger partial charge in [-0.1, -0.05) is 26.0 Å². The summed E-state index contributed by atoms with van der Waals surface area (Å²) in [6, 6.07) is 0. The van der Waals surface area contributed by atoms with Gasteiger partial charge in [-0.2, -0.15) is 0 Å². The molecular weight excluding hydrogens is 120 g/mol. The Morgan fingerprint density at radius 2 is 1.30 bits per heavy atom. The summed E-state index contributed by atoms with van der Waals surface area (Å²) in [7, 11) is 0. The van der Waals surface area contributed by atoms with Gasteiger partial charge < -0.3 is 0 Å². The largest absolute Gasteiger partial charge is 0.0849 e. The average Bonchev–Trinajstić information content (AvgIpc) is 2.00. The van der Waals surface area contributed by atoms with Crippen LogP contribution in [-0.2, 0) is 0 Å². The van der Waals surface area contributed by atoms with E-state index in [1.54, 1.807) is 0 Å². The van der Waals surface area contributed by atoms with Crippen molar-refractivity contribution < 1.29 is 0 Å². The van der Waals surface area contributed by atoms with Crippen LogP contribution in [0.3, 0.4) is 0 Å². The van der Waals surface area contributed by atoms with Crippen molar-refractivity contribution in [2.45, 2.75) is 26.7 Å². The van der Waals surface area contributed by atoms with Gasteiger partial charge in [0.15, 0.2) is 0 Å². The highest BCUT2D eigenvalue weighted by Crippen LogP contribution is 2.43. The number of fused-ring (bicyclic) bond motifs is 2. The number of allylic oxidation sites excluding steroid dienone is 2. The molecule has 0 spiro atoms. The van der Waals surface area contributed by atoms with Crippen molar-refractivity contribution in [3.63, 3.8) is 0 Å². The van der Waals surface area contributed by atoms with Gasteiger partial charge in [-0.15, -0.1) is 0 Å². The fraction of sp³-hybridized carbons (Fsp3) is 0.800. The lowest BCUT2D eigenvalue weighted by Crippen LogP contribution is -2.33. The van der Waals surface area contributed by atoms with Crippen molar-refractivity contribution in [1.82, 2.24) is 0 Å². The minimum atomic E-state index is 0.917. The van der Waals surface area contributed by atoms with Crippen LogP contribution in [0.4, 0.5) is 0 Å². The summed E-state index contributed by atoms with van der Waals surface area (Å²) in [5.74, 6) is 3.73. The highest BCUT2D eigenvalue weighted by atomic mass is 14.4. The van der Waals surface area contributed by atoms with Crippen LogP contribution in [-0.4, -0.2) is 0 Å². The molecule has 56 valence electrons. The minimum absolute atomic E-state index is 0.917. The van der Waals surface area contributed by atoms with E-state index in [1.807, 2.05) is 0 Å². The second-order valence-corrected chi connectivity index (χ2v) is 4.01. The Morgan fingerprint density at radius 3 is 1.50 bits per heavy atom. The predicted molar refractivity (Wildman–Crippen MR) is 43.7 cm³/mol. The molecule has 0 aromatic rings. The summed E-state index contributed by atoms with van der Waals surface area (Å²) in [5.41, 5.74) is 0. The molecule has 3 aliphatic carbocycles. The second kappa shape index (κ2) is 2.11. The molecule has 0 heterocycles. The monoisotopic (exact) mass is 136 g/mol. The molecule has 0 N–H and O–H groups in total. The molecule has 0 aliphatic heterocycles. The lowest BCUT2D eigenvalue weighted by molar-refractivity contribution is 0.152. The molecule has 0 radical (unpaired) electrons. The summed E-state index contributed by atoms with van der Waals surface area (Å²) < 4.78 is 0. The summed E-state index contributed by atoms with van der Waals surface area (Å²) in [6.45, 7) is 4.82. The maximum Gasteiger partial charge on any atom is -0.0205 e. The third-order valence-corrected chi connectivity index (χ3v) is 3.62. The fourth-order valence-electron chi connectivity index (χ4n) is 2.52. The molecule has 0 aromatic heterocycles. The van der Waals surface area contributed by atoms with Crippen LogP contribution < -0.4 is 0 Å². The van der Waals surface area contributed by atoms with Crippen molar-refractivity contribution in [3.8, 4) is 0 Å².